The van der Waals surface area contributed by atoms with Crippen LogP contribution in [0.25, 0.3) is 11.0 Å². The third-order valence-electron chi connectivity index (χ3n) is 3.78. The molecule has 0 saturated carbocycles. The van der Waals surface area contributed by atoms with E-state index in [0.29, 0.717) is 5.69 Å². The molecule has 0 fully saturated rings. The molecule has 1 atom stereocenters. The van der Waals surface area contributed by atoms with Crippen molar-refractivity contribution in [1.82, 2.24) is 9.55 Å². The maximum atomic E-state index is 9.82. The summed E-state index contributed by atoms with van der Waals surface area (Å²) in [6.07, 6.45) is 0.772. The first-order chi connectivity index (χ1) is 10.2. The van der Waals surface area contributed by atoms with E-state index < -0.39 is 0 Å². The molecule has 4 nitrogen and oxygen atoms in total. The fourth-order valence-corrected chi connectivity index (χ4v) is 2.82. The lowest BCUT2D eigenvalue weighted by Gasteiger charge is -2.19. The van der Waals surface area contributed by atoms with Crippen LogP contribution in [-0.4, -0.2) is 21.3 Å². The molecule has 3 rings (SSSR count). The molecule has 0 aliphatic heterocycles. The highest BCUT2D eigenvalue weighted by atomic mass is 16.3. The number of aryl methyl sites for hydroxylation is 1. The minimum atomic E-state index is -0.0268. The summed E-state index contributed by atoms with van der Waals surface area (Å²) in [6.45, 7) is 2.04. The Morgan fingerprint density at radius 3 is 2.67 bits per heavy atom. The summed E-state index contributed by atoms with van der Waals surface area (Å²) in [7, 11) is 0. The number of aliphatic hydroxyl groups excluding tert-OH is 1. The molecule has 3 aromatic rings. The highest BCUT2D eigenvalue weighted by molar-refractivity contribution is 5.79. The van der Waals surface area contributed by atoms with Crippen molar-refractivity contribution in [3.8, 4) is 0 Å². The number of aromatic nitrogens is 2. The molecular formula is C17H19N3O. The van der Waals surface area contributed by atoms with Gasteiger partial charge in [-0.2, -0.15) is 0 Å². The van der Waals surface area contributed by atoms with Crippen molar-refractivity contribution in [1.29, 1.82) is 0 Å². The van der Waals surface area contributed by atoms with Crippen LogP contribution in [0.5, 0.6) is 0 Å². The SMILES string of the molecule is Cc1nc2cc(N)ccc2n1C(CO)Cc1ccccc1. The average Bonchev–Trinajstić information content (AvgIpc) is 2.81. The Kier molecular flexibility index (Phi) is 3.62. The number of anilines is 1. The molecule has 1 unspecified atom stereocenters. The number of hydrogen-bond acceptors (Lipinski definition) is 3. The fourth-order valence-electron chi connectivity index (χ4n) is 2.82. The molecule has 21 heavy (non-hydrogen) atoms. The second-order valence-electron chi connectivity index (χ2n) is 5.30. The van der Waals surface area contributed by atoms with Crippen molar-refractivity contribution in [3.05, 3.63) is 59.9 Å². The number of benzene rings is 2. The lowest BCUT2D eigenvalue weighted by Crippen LogP contribution is -2.17. The second-order valence-corrected chi connectivity index (χ2v) is 5.30. The number of aliphatic hydroxyl groups is 1. The molecule has 0 amide bonds. The summed E-state index contributed by atoms with van der Waals surface area (Å²) in [5.41, 5.74) is 9.61. The third-order valence-corrected chi connectivity index (χ3v) is 3.78. The van der Waals surface area contributed by atoms with Gasteiger partial charge >= 0.3 is 0 Å². The van der Waals surface area contributed by atoms with E-state index in [9.17, 15) is 5.11 Å². The van der Waals surface area contributed by atoms with Crippen LogP contribution >= 0.6 is 0 Å². The van der Waals surface area contributed by atoms with Gasteiger partial charge in [-0.25, -0.2) is 4.98 Å². The van der Waals surface area contributed by atoms with Crippen LogP contribution in [0, 0.1) is 6.92 Å². The summed E-state index contributed by atoms with van der Waals surface area (Å²) >= 11 is 0. The Morgan fingerprint density at radius 2 is 1.95 bits per heavy atom. The molecule has 0 radical (unpaired) electrons. The summed E-state index contributed by atoms with van der Waals surface area (Å²) in [6, 6.07) is 15.9. The summed E-state index contributed by atoms with van der Waals surface area (Å²) in [4.78, 5) is 4.56. The number of fused-ring (bicyclic) bond motifs is 1. The molecule has 2 aromatic carbocycles. The first-order valence-corrected chi connectivity index (χ1v) is 7.08. The van der Waals surface area contributed by atoms with Gasteiger partial charge in [0, 0.05) is 5.69 Å². The highest BCUT2D eigenvalue weighted by Gasteiger charge is 2.17. The topological polar surface area (TPSA) is 64.1 Å². The molecule has 0 bridgehead atoms. The Labute approximate surface area is 123 Å². The fraction of sp³-hybridized carbons (Fsp3) is 0.235. The molecule has 3 N–H and O–H groups in total. The van der Waals surface area contributed by atoms with Crippen LogP contribution in [0.3, 0.4) is 0 Å². The Morgan fingerprint density at radius 1 is 1.19 bits per heavy atom. The summed E-state index contributed by atoms with van der Waals surface area (Å²) in [5, 5.41) is 9.82. The van der Waals surface area contributed by atoms with Crippen molar-refractivity contribution in [2.75, 3.05) is 12.3 Å². The standard InChI is InChI=1S/C17H19N3O/c1-12-19-16-10-14(18)7-8-17(16)20(12)15(11-21)9-13-5-3-2-4-6-13/h2-8,10,15,21H,9,11,18H2,1H3. The van der Waals surface area contributed by atoms with Gasteiger partial charge in [-0.1, -0.05) is 30.3 Å². The van der Waals surface area contributed by atoms with Gasteiger partial charge in [-0.3, -0.25) is 0 Å². The number of nitrogens with two attached hydrogens (primary N) is 1. The second kappa shape index (κ2) is 5.58. The van der Waals surface area contributed by atoms with Crippen molar-refractivity contribution in [2.24, 2.45) is 0 Å². The van der Waals surface area contributed by atoms with Crippen molar-refractivity contribution < 1.29 is 5.11 Å². The molecule has 0 aliphatic carbocycles. The first-order valence-electron chi connectivity index (χ1n) is 7.08. The third kappa shape index (κ3) is 2.62. The van der Waals surface area contributed by atoms with Gasteiger partial charge in [0.1, 0.15) is 5.82 Å². The van der Waals surface area contributed by atoms with E-state index in [1.807, 2.05) is 43.3 Å². The van der Waals surface area contributed by atoms with E-state index in [1.54, 1.807) is 0 Å². The van der Waals surface area contributed by atoms with Gasteiger partial charge in [-0.05, 0) is 37.1 Å². The van der Waals surface area contributed by atoms with Crippen molar-refractivity contribution in [2.45, 2.75) is 19.4 Å². The van der Waals surface area contributed by atoms with E-state index in [2.05, 4.69) is 21.7 Å². The molecule has 1 aromatic heterocycles. The highest BCUT2D eigenvalue weighted by Crippen LogP contribution is 2.25. The molecule has 4 heteroatoms. The zero-order chi connectivity index (χ0) is 14.8. The maximum absolute atomic E-state index is 9.82. The van der Waals surface area contributed by atoms with Gasteiger partial charge in [0.15, 0.2) is 0 Å². The monoisotopic (exact) mass is 281 g/mol. The Balaban J connectivity index is 2.02. The molecule has 0 aliphatic rings. The molecule has 0 spiro atoms. The van der Waals surface area contributed by atoms with E-state index in [4.69, 9.17) is 5.73 Å². The number of rotatable bonds is 4. The zero-order valence-corrected chi connectivity index (χ0v) is 12.0. The minimum Gasteiger partial charge on any atom is -0.399 e. The Hall–Kier alpha value is -2.33. The average molecular weight is 281 g/mol. The van der Waals surface area contributed by atoms with Gasteiger partial charge in [0.2, 0.25) is 0 Å². The normalized spacial score (nSPS) is 12.7. The van der Waals surface area contributed by atoms with Crippen molar-refractivity contribution >= 4 is 16.7 Å². The van der Waals surface area contributed by atoms with Crippen LogP contribution < -0.4 is 5.73 Å². The number of nitrogens with zero attached hydrogens (tertiary/aromatic N) is 2. The number of nitrogen functional groups attached to an aromatic ring is 1. The first kappa shape index (κ1) is 13.6. The lowest BCUT2D eigenvalue weighted by molar-refractivity contribution is 0.228. The lowest BCUT2D eigenvalue weighted by atomic mass is 10.1. The van der Waals surface area contributed by atoms with E-state index in [0.717, 1.165) is 23.3 Å². The van der Waals surface area contributed by atoms with Gasteiger partial charge < -0.3 is 15.4 Å². The van der Waals surface area contributed by atoms with Crippen LogP contribution in [-0.2, 0) is 6.42 Å². The van der Waals surface area contributed by atoms with Crippen LogP contribution in [0.15, 0.2) is 48.5 Å². The summed E-state index contributed by atoms with van der Waals surface area (Å²) in [5.74, 6) is 0.894. The van der Waals surface area contributed by atoms with Crippen LogP contribution in [0.4, 0.5) is 5.69 Å². The van der Waals surface area contributed by atoms with Crippen LogP contribution in [0.2, 0.25) is 0 Å². The smallest absolute Gasteiger partial charge is 0.107 e. The predicted molar refractivity (Wildman–Crippen MR) is 85.2 cm³/mol. The minimum absolute atomic E-state index is 0.0268. The summed E-state index contributed by atoms with van der Waals surface area (Å²) < 4.78 is 2.10. The predicted octanol–water partition coefficient (Wildman–Crippen LogP) is 2.70. The molecule has 0 saturated heterocycles. The maximum Gasteiger partial charge on any atom is 0.107 e. The van der Waals surface area contributed by atoms with Gasteiger partial charge in [-0.15, -0.1) is 0 Å². The van der Waals surface area contributed by atoms with Crippen LogP contribution in [0.1, 0.15) is 17.4 Å². The Bertz CT molecular complexity index is 749. The van der Waals surface area contributed by atoms with Crippen molar-refractivity contribution in [3.63, 3.8) is 0 Å². The van der Waals surface area contributed by atoms with E-state index >= 15 is 0 Å². The largest absolute Gasteiger partial charge is 0.399 e. The molecule has 1 heterocycles. The van der Waals surface area contributed by atoms with E-state index in [1.165, 1.54) is 5.56 Å². The number of hydrogen-bond donors (Lipinski definition) is 2. The van der Waals surface area contributed by atoms with Gasteiger partial charge in [0.05, 0.1) is 23.7 Å². The van der Waals surface area contributed by atoms with E-state index in [-0.39, 0.29) is 12.6 Å². The molecule has 108 valence electrons. The zero-order valence-electron chi connectivity index (χ0n) is 12.0. The quantitative estimate of drug-likeness (QED) is 0.723. The van der Waals surface area contributed by atoms with Gasteiger partial charge in [0.25, 0.3) is 0 Å². The number of imidazole rings is 1. The molecular weight excluding hydrogens is 262 g/mol.